The molecule has 0 amide bonds. The second kappa shape index (κ2) is 25.0. The average Bonchev–Trinajstić information content (AvgIpc) is 1.61. The molecule has 16 heteroatoms. The van der Waals surface area contributed by atoms with Crippen LogP contribution in [0.25, 0.3) is 142 Å². The van der Waals surface area contributed by atoms with Crippen LogP contribution in [0.3, 0.4) is 0 Å². The van der Waals surface area contributed by atoms with Crippen LogP contribution in [0.4, 0.5) is 28.9 Å². The standard InChI is InChI=1S/4C20H14FN2O/c1-12-11-14-13-7-6-8-15(21)19(13)24-20(14)18(22-2)17(12)16-9-4-5-10-23(16)3;1-12-10-15-13-7-8-16(22-2)19(21)20(13)24-18(15)11-14(12)17-6-4-5-9-23(17)3;1-12-9-15-18(10-14(12)17-5-3-4-8-23(17)2)24-20-16(21)7-6-13(11-22)19(15)20;1-12-7-15-16-8-13(11-22)9-17(21)20(16)24-19(15)10-14(12)18-5-3-4-6-23(18)2/h2*4-11H,1,3H3;2*3-10H,1-2H3/q4*+1. The van der Waals surface area contributed by atoms with Crippen molar-refractivity contribution in [3.8, 4) is 57.2 Å². The van der Waals surface area contributed by atoms with Crippen LogP contribution in [-0.2, 0) is 28.2 Å². The van der Waals surface area contributed by atoms with E-state index < -0.39 is 23.3 Å². The molecule has 16 aromatic rings. The molecule has 0 aliphatic carbocycles. The van der Waals surface area contributed by atoms with E-state index in [2.05, 4.69) is 15.8 Å². The molecule has 0 aliphatic heterocycles. The van der Waals surface area contributed by atoms with Crippen LogP contribution in [0.1, 0.15) is 33.4 Å². The summed E-state index contributed by atoms with van der Waals surface area (Å²) in [5.74, 6) is -1.97. The predicted molar refractivity (Wildman–Crippen MR) is 362 cm³/mol. The molecule has 12 nitrogen and oxygen atoms in total. The van der Waals surface area contributed by atoms with E-state index in [1.54, 1.807) is 18.2 Å². The summed E-state index contributed by atoms with van der Waals surface area (Å²) in [4.78, 5) is 6.92. The lowest BCUT2D eigenvalue weighted by Gasteiger charge is -2.07. The van der Waals surface area contributed by atoms with Gasteiger partial charge in [-0.15, -0.1) is 0 Å². The lowest BCUT2D eigenvalue weighted by molar-refractivity contribution is -0.660. The molecule has 0 N–H and O–H groups in total. The van der Waals surface area contributed by atoms with Gasteiger partial charge in [-0.1, -0.05) is 24.3 Å². The molecule has 8 heterocycles. The number of aryl methyl sites for hydroxylation is 8. The van der Waals surface area contributed by atoms with Crippen molar-refractivity contribution in [1.29, 1.82) is 10.5 Å². The Morgan fingerprint density at radius 2 is 0.854 bits per heavy atom. The molecule has 0 atom stereocenters. The number of halogens is 4. The summed E-state index contributed by atoms with van der Waals surface area (Å²) >= 11 is 0. The Morgan fingerprint density at radius 3 is 1.39 bits per heavy atom. The van der Waals surface area contributed by atoms with E-state index in [4.69, 9.17) is 36.1 Å². The van der Waals surface area contributed by atoms with E-state index in [0.717, 1.165) is 88.8 Å². The summed E-state index contributed by atoms with van der Waals surface area (Å²) < 4.78 is 87.9. The van der Waals surface area contributed by atoms with Gasteiger partial charge in [0.25, 0.3) is 0 Å². The number of rotatable bonds is 4. The summed E-state index contributed by atoms with van der Waals surface area (Å²) in [7, 11) is 7.88. The van der Waals surface area contributed by atoms with Crippen molar-refractivity contribution in [2.24, 2.45) is 28.2 Å². The molecule has 0 spiro atoms. The molecular weight excluding hydrogens is 1210 g/mol. The van der Waals surface area contributed by atoms with Crippen LogP contribution < -0.4 is 18.3 Å². The fourth-order valence-corrected chi connectivity index (χ4v) is 12.6. The zero-order valence-corrected chi connectivity index (χ0v) is 53.2. The lowest BCUT2D eigenvalue weighted by atomic mass is 9.99. The Hall–Kier alpha value is -12.8. The number of benzene rings is 8. The molecule has 8 aromatic heterocycles. The molecule has 8 aromatic carbocycles. The number of fused-ring (bicyclic) bond motifs is 12. The Morgan fingerprint density at radius 1 is 0.385 bits per heavy atom. The van der Waals surface area contributed by atoms with Gasteiger partial charge in [0.1, 0.15) is 50.5 Å². The minimum Gasteiger partial charge on any atom is -0.464 e. The van der Waals surface area contributed by atoms with Crippen LogP contribution in [-0.4, -0.2) is 0 Å². The van der Waals surface area contributed by atoms with E-state index >= 15 is 0 Å². The van der Waals surface area contributed by atoms with Crippen molar-refractivity contribution in [1.82, 2.24) is 0 Å². The molecular formula is C80H56F4N8O4+4. The largest absolute Gasteiger partial charge is 0.464 e. The van der Waals surface area contributed by atoms with Gasteiger partial charge in [0.05, 0.1) is 58.7 Å². The van der Waals surface area contributed by atoms with Crippen LogP contribution >= 0.6 is 0 Å². The second-order valence-electron chi connectivity index (χ2n) is 23.5. The highest BCUT2D eigenvalue weighted by Gasteiger charge is 2.26. The molecule has 0 bridgehead atoms. The van der Waals surface area contributed by atoms with Crippen LogP contribution in [0.15, 0.2) is 212 Å². The Kier molecular flexibility index (Phi) is 16.2. The molecule has 0 saturated heterocycles. The zero-order chi connectivity index (χ0) is 67.4. The Labute approximate surface area is 547 Å². The van der Waals surface area contributed by atoms with Gasteiger partial charge in [-0.2, -0.15) is 10.5 Å². The summed E-state index contributed by atoms with van der Waals surface area (Å²) in [5.41, 5.74) is 16.2. The van der Waals surface area contributed by atoms with E-state index in [1.807, 2.05) is 226 Å². The highest BCUT2D eigenvalue weighted by molar-refractivity contribution is 6.13. The number of nitrogens with zero attached hydrogens (tertiary/aromatic N) is 8. The lowest BCUT2D eigenvalue weighted by Crippen LogP contribution is -2.30. The molecule has 16 rings (SSSR count). The zero-order valence-electron chi connectivity index (χ0n) is 53.2. The smallest absolute Gasteiger partial charge is 0.243 e. The van der Waals surface area contributed by atoms with E-state index in [-0.39, 0.29) is 28.0 Å². The average molecular weight is 1270 g/mol. The molecule has 464 valence electrons. The fourth-order valence-electron chi connectivity index (χ4n) is 12.6. The van der Waals surface area contributed by atoms with E-state index in [0.29, 0.717) is 60.7 Å². The second-order valence-corrected chi connectivity index (χ2v) is 23.5. The number of para-hydroxylation sites is 1. The minimum absolute atomic E-state index is 0.0204. The van der Waals surface area contributed by atoms with Gasteiger partial charge in [0.15, 0.2) is 70.4 Å². The third kappa shape index (κ3) is 10.9. The normalized spacial score (nSPS) is 11.1. The maximum Gasteiger partial charge on any atom is 0.243 e. The Bertz CT molecular complexity index is 6040. The minimum atomic E-state index is -0.594. The number of hydrogen-bond acceptors (Lipinski definition) is 6. The topological polar surface area (TPSA) is 124 Å². The molecule has 96 heavy (non-hydrogen) atoms. The Balaban J connectivity index is 0.000000116. The van der Waals surface area contributed by atoms with Gasteiger partial charge >= 0.3 is 0 Å². The van der Waals surface area contributed by atoms with Gasteiger partial charge in [-0.25, -0.2) is 45.5 Å². The third-order valence-electron chi connectivity index (χ3n) is 17.4. The van der Waals surface area contributed by atoms with Crippen molar-refractivity contribution in [2.75, 3.05) is 0 Å². The summed E-state index contributed by atoms with van der Waals surface area (Å²) in [6.07, 6.45) is 7.88. The quantitative estimate of drug-likeness (QED) is 0.0982. The fraction of sp³-hybridized carbons (Fsp3) is 0.100. The summed E-state index contributed by atoms with van der Waals surface area (Å²) in [5, 5.41) is 24.2. The number of pyridine rings is 4. The van der Waals surface area contributed by atoms with E-state index in [9.17, 15) is 22.8 Å². The van der Waals surface area contributed by atoms with Gasteiger partial charge in [0.2, 0.25) is 34.2 Å². The SMILES string of the molecule is Cc1cc2c(cc1-c1cccc[n+]1C)oc1c(F)cc(C#N)cc12.Cc1cc2c(cc1-c1cccc[n+]1C)oc1c(F)ccc(C#N)c12.[C-]#[N+]c1c(-c2cccc[n+]2C)c(C)cc2c1oc1c(F)cccc12.[C-]#[N+]c1ccc2c(oc3cc(-c4cccc[n+]4C)c(C)cc32)c1F. The van der Waals surface area contributed by atoms with Crippen molar-refractivity contribution < 1.29 is 53.5 Å². The molecule has 0 saturated carbocycles. The van der Waals surface area contributed by atoms with E-state index in [1.165, 1.54) is 30.3 Å². The van der Waals surface area contributed by atoms with Gasteiger partial charge in [-0.05, 0) is 147 Å². The number of aromatic nitrogens is 4. The highest BCUT2D eigenvalue weighted by atomic mass is 19.1. The molecule has 0 unspecified atom stereocenters. The van der Waals surface area contributed by atoms with Gasteiger partial charge in [-0.3, -0.25) is 0 Å². The monoisotopic (exact) mass is 1270 g/mol. The number of hydrogen-bond donors (Lipinski definition) is 0. The molecule has 0 aliphatic rings. The summed E-state index contributed by atoms with van der Waals surface area (Å²) in [6.45, 7) is 22.7. The molecule has 0 fully saturated rings. The van der Waals surface area contributed by atoms with Crippen molar-refractivity contribution >= 4 is 99.1 Å². The first-order valence-electron chi connectivity index (χ1n) is 30.4. The van der Waals surface area contributed by atoms with Gasteiger partial charge in [0, 0.05) is 91.6 Å². The maximum absolute atomic E-state index is 14.4. The van der Waals surface area contributed by atoms with Crippen molar-refractivity contribution in [3.05, 3.63) is 274 Å². The van der Waals surface area contributed by atoms with Crippen LogP contribution in [0.2, 0.25) is 0 Å². The molecule has 0 radical (unpaired) electrons. The third-order valence-corrected chi connectivity index (χ3v) is 17.4. The first-order chi connectivity index (χ1) is 46.4. The van der Waals surface area contributed by atoms with Gasteiger partial charge < -0.3 is 17.7 Å². The highest BCUT2D eigenvalue weighted by Crippen LogP contribution is 2.44. The number of nitriles is 2. The maximum atomic E-state index is 14.4. The van der Waals surface area contributed by atoms with Crippen molar-refractivity contribution in [2.45, 2.75) is 27.7 Å². The van der Waals surface area contributed by atoms with Crippen LogP contribution in [0.5, 0.6) is 0 Å². The number of furan rings is 4. The first kappa shape index (κ1) is 62.1. The van der Waals surface area contributed by atoms with Crippen LogP contribution in [0, 0.1) is 86.8 Å². The predicted octanol–water partition coefficient (Wildman–Crippen LogP) is 18.9. The first-order valence-corrected chi connectivity index (χ1v) is 30.4. The van der Waals surface area contributed by atoms with Crippen molar-refractivity contribution in [3.63, 3.8) is 0 Å². The summed E-state index contributed by atoms with van der Waals surface area (Å²) in [6, 6.07) is 55.4.